The van der Waals surface area contributed by atoms with Gasteiger partial charge in [-0.3, -0.25) is 14.4 Å². The number of H-pyrrole nitrogens is 1. The van der Waals surface area contributed by atoms with Crippen LogP contribution in [-0.2, 0) is 4.79 Å². The standard InChI is InChI=1S/C19H20N4O3/c1-4-17(25)15-11-20-23-16(10-18(26)21-19(15)23)13-7-6-8-14(9-13)22(5-2)12(3)24/h6-11H,4-5H2,1-3H3,(H,21,26). The predicted molar refractivity (Wildman–Crippen MR) is 99.6 cm³/mol. The molecule has 134 valence electrons. The first-order valence-electron chi connectivity index (χ1n) is 8.49. The number of amides is 1. The Bertz CT molecular complexity index is 1050. The van der Waals surface area contributed by atoms with Crippen molar-refractivity contribution in [1.29, 1.82) is 0 Å². The predicted octanol–water partition coefficient (Wildman–Crippen LogP) is 2.66. The third-order valence-corrected chi connectivity index (χ3v) is 4.28. The molecule has 1 aromatic carbocycles. The number of benzene rings is 1. The molecule has 0 spiro atoms. The Hall–Kier alpha value is -3.22. The number of fused-ring (bicyclic) bond motifs is 1. The average molecular weight is 352 g/mol. The summed E-state index contributed by atoms with van der Waals surface area (Å²) in [4.78, 5) is 40.4. The van der Waals surface area contributed by atoms with E-state index in [4.69, 9.17) is 0 Å². The number of carbonyl (C=O) groups excluding carboxylic acids is 2. The van der Waals surface area contributed by atoms with Crippen LogP contribution in [0.5, 0.6) is 0 Å². The Morgan fingerprint density at radius 3 is 2.65 bits per heavy atom. The number of nitrogens with zero attached hydrogens (tertiary/aromatic N) is 3. The minimum absolute atomic E-state index is 0.0596. The van der Waals surface area contributed by atoms with E-state index in [0.717, 1.165) is 11.3 Å². The van der Waals surface area contributed by atoms with Crippen LogP contribution >= 0.6 is 0 Å². The highest BCUT2D eigenvalue weighted by atomic mass is 16.2. The molecule has 0 fully saturated rings. The van der Waals surface area contributed by atoms with Crippen molar-refractivity contribution in [3.63, 3.8) is 0 Å². The van der Waals surface area contributed by atoms with E-state index in [1.807, 2.05) is 31.2 Å². The lowest BCUT2D eigenvalue weighted by atomic mass is 10.1. The molecular weight excluding hydrogens is 332 g/mol. The first-order chi connectivity index (χ1) is 12.5. The molecule has 2 aromatic heterocycles. The zero-order valence-electron chi connectivity index (χ0n) is 14.9. The average Bonchev–Trinajstić information content (AvgIpc) is 3.04. The van der Waals surface area contributed by atoms with Crippen molar-refractivity contribution in [3.8, 4) is 11.3 Å². The number of ketones is 1. The lowest BCUT2D eigenvalue weighted by molar-refractivity contribution is -0.116. The maximum Gasteiger partial charge on any atom is 0.251 e. The molecule has 0 saturated carbocycles. The number of anilines is 1. The quantitative estimate of drug-likeness (QED) is 0.715. The van der Waals surface area contributed by atoms with Gasteiger partial charge in [-0.05, 0) is 19.1 Å². The van der Waals surface area contributed by atoms with Gasteiger partial charge in [0.05, 0.1) is 17.5 Å². The van der Waals surface area contributed by atoms with Crippen molar-refractivity contribution in [2.45, 2.75) is 27.2 Å². The van der Waals surface area contributed by atoms with Gasteiger partial charge < -0.3 is 9.88 Å². The fourth-order valence-corrected chi connectivity index (χ4v) is 3.01. The molecule has 0 atom stereocenters. The molecule has 0 bridgehead atoms. The summed E-state index contributed by atoms with van der Waals surface area (Å²) in [6.45, 7) is 5.71. The van der Waals surface area contributed by atoms with Gasteiger partial charge >= 0.3 is 0 Å². The maximum absolute atomic E-state index is 12.1. The second kappa shape index (κ2) is 6.95. The Labute approximate surface area is 150 Å². The third-order valence-electron chi connectivity index (χ3n) is 4.28. The summed E-state index contributed by atoms with van der Waals surface area (Å²) in [5.41, 5.74) is 2.48. The number of aromatic amines is 1. The minimum Gasteiger partial charge on any atom is -0.313 e. The van der Waals surface area contributed by atoms with Crippen LogP contribution in [-0.4, -0.2) is 32.8 Å². The lowest BCUT2D eigenvalue weighted by Gasteiger charge is -2.19. The Kier molecular flexibility index (Phi) is 4.71. The molecular formula is C19H20N4O3. The van der Waals surface area contributed by atoms with E-state index >= 15 is 0 Å². The van der Waals surface area contributed by atoms with Crippen molar-refractivity contribution in [3.05, 3.63) is 52.4 Å². The summed E-state index contributed by atoms with van der Waals surface area (Å²) >= 11 is 0. The third kappa shape index (κ3) is 3.03. The van der Waals surface area contributed by atoms with E-state index in [9.17, 15) is 14.4 Å². The van der Waals surface area contributed by atoms with Gasteiger partial charge in [0, 0.05) is 37.2 Å². The van der Waals surface area contributed by atoms with Crippen molar-refractivity contribution >= 4 is 23.0 Å². The molecule has 26 heavy (non-hydrogen) atoms. The van der Waals surface area contributed by atoms with Crippen LogP contribution in [0, 0.1) is 0 Å². The van der Waals surface area contributed by atoms with Gasteiger partial charge in [0.25, 0.3) is 5.56 Å². The van der Waals surface area contributed by atoms with Crippen LogP contribution in [0.15, 0.2) is 41.3 Å². The number of hydrogen-bond donors (Lipinski definition) is 1. The minimum atomic E-state index is -0.317. The van der Waals surface area contributed by atoms with Gasteiger partial charge in [-0.25, -0.2) is 4.52 Å². The second-order valence-electron chi connectivity index (χ2n) is 5.93. The number of carbonyl (C=O) groups is 2. The van der Waals surface area contributed by atoms with Gasteiger partial charge in [0.1, 0.15) is 5.65 Å². The Morgan fingerprint density at radius 2 is 2.00 bits per heavy atom. The zero-order valence-corrected chi connectivity index (χ0v) is 14.9. The molecule has 3 aromatic rings. The van der Waals surface area contributed by atoms with Crippen LogP contribution in [0.25, 0.3) is 16.9 Å². The van der Waals surface area contributed by atoms with Gasteiger partial charge in [0.2, 0.25) is 5.91 Å². The number of Topliss-reactive ketones (excluding diaryl/α,β-unsaturated/α-hetero) is 1. The van der Waals surface area contributed by atoms with Crippen LogP contribution < -0.4 is 10.5 Å². The molecule has 1 amide bonds. The van der Waals surface area contributed by atoms with E-state index in [2.05, 4.69) is 10.1 Å². The molecule has 0 aliphatic carbocycles. The normalized spacial score (nSPS) is 10.9. The van der Waals surface area contributed by atoms with Crippen LogP contribution in [0.1, 0.15) is 37.6 Å². The first kappa shape index (κ1) is 17.6. The maximum atomic E-state index is 12.1. The first-order valence-corrected chi connectivity index (χ1v) is 8.49. The Morgan fingerprint density at radius 1 is 1.23 bits per heavy atom. The zero-order chi connectivity index (χ0) is 18.8. The molecule has 0 saturated heterocycles. The van der Waals surface area contributed by atoms with E-state index in [-0.39, 0.29) is 17.2 Å². The molecule has 0 aliphatic rings. The van der Waals surface area contributed by atoms with E-state index in [0.29, 0.717) is 29.9 Å². The van der Waals surface area contributed by atoms with Gasteiger partial charge in [0.15, 0.2) is 5.78 Å². The highest BCUT2D eigenvalue weighted by Crippen LogP contribution is 2.25. The summed E-state index contributed by atoms with van der Waals surface area (Å²) in [5, 5.41) is 4.28. The van der Waals surface area contributed by atoms with E-state index < -0.39 is 0 Å². The van der Waals surface area contributed by atoms with Crippen LogP contribution in [0.2, 0.25) is 0 Å². The highest BCUT2D eigenvalue weighted by Gasteiger charge is 2.16. The van der Waals surface area contributed by atoms with E-state index in [1.165, 1.54) is 19.2 Å². The summed E-state index contributed by atoms with van der Waals surface area (Å²) in [6.07, 6.45) is 1.80. The summed E-state index contributed by atoms with van der Waals surface area (Å²) in [6, 6.07) is 8.78. The summed E-state index contributed by atoms with van der Waals surface area (Å²) in [7, 11) is 0. The molecule has 0 radical (unpaired) electrons. The fourth-order valence-electron chi connectivity index (χ4n) is 3.01. The number of hydrogen-bond acceptors (Lipinski definition) is 4. The topological polar surface area (TPSA) is 87.5 Å². The fraction of sp³-hybridized carbons (Fsp3) is 0.263. The van der Waals surface area contributed by atoms with Crippen LogP contribution in [0.4, 0.5) is 5.69 Å². The van der Waals surface area contributed by atoms with Gasteiger partial charge in [-0.15, -0.1) is 0 Å². The van der Waals surface area contributed by atoms with E-state index in [1.54, 1.807) is 16.3 Å². The molecule has 1 N–H and O–H groups in total. The summed E-state index contributed by atoms with van der Waals surface area (Å²) < 4.78 is 1.55. The second-order valence-corrected chi connectivity index (χ2v) is 5.93. The van der Waals surface area contributed by atoms with Crippen molar-refractivity contribution in [2.24, 2.45) is 0 Å². The SMILES string of the molecule is CCC(=O)c1cnn2c(-c3cccc(N(CC)C(C)=O)c3)cc(=O)[nH]c12. The Balaban J connectivity index is 2.20. The smallest absolute Gasteiger partial charge is 0.251 e. The van der Waals surface area contributed by atoms with Gasteiger partial charge in [-0.2, -0.15) is 5.10 Å². The molecule has 7 heteroatoms. The van der Waals surface area contributed by atoms with Crippen molar-refractivity contribution in [2.75, 3.05) is 11.4 Å². The lowest BCUT2D eigenvalue weighted by Crippen LogP contribution is -2.27. The van der Waals surface area contributed by atoms with Gasteiger partial charge in [-0.1, -0.05) is 19.1 Å². The molecule has 7 nitrogen and oxygen atoms in total. The summed E-state index contributed by atoms with van der Waals surface area (Å²) in [5.74, 6) is -0.147. The molecule has 3 rings (SSSR count). The number of nitrogens with one attached hydrogen (secondary N) is 1. The van der Waals surface area contributed by atoms with Crippen molar-refractivity contribution < 1.29 is 9.59 Å². The molecule has 0 unspecified atom stereocenters. The monoisotopic (exact) mass is 352 g/mol. The number of rotatable bonds is 5. The largest absolute Gasteiger partial charge is 0.313 e. The highest BCUT2D eigenvalue weighted by molar-refractivity contribution is 6.01. The van der Waals surface area contributed by atoms with Crippen molar-refractivity contribution in [1.82, 2.24) is 14.6 Å². The number of aromatic nitrogens is 3. The van der Waals surface area contributed by atoms with Crippen LogP contribution in [0.3, 0.4) is 0 Å². The molecule has 0 aliphatic heterocycles. The molecule has 2 heterocycles.